The zero-order valence-corrected chi connectivity index (χ0v) is 6.83. The molecule has 2 heterocycles. The monoisotopic (exact) mass is 166 g/mol. The van der Waals surface area contributed by atoms with Crippen LogP contribution in [-0.2, 0) is 0 Å². The summed E-state index contributed by atoms with van der Waals surface area (Å²) in [5.41, 5.74) is 2.13. The summed E-state index contributed by atoms with van der Waals surface area (Å²) in [5.74, 6) is 0. The van der Waals surface area contributed by atoms with Crippen LogP contribution < -0.4 is 0 Å². The van der Waals surface area contributed by atoms with Crippen molar-refractivity contribution in [2.75, 3.05) is 0 Å². The van der Waals surface area contributed by atoms with E-state index in [0.29, 0.717) is 0 Å². The number of nitrogens with zero attached hydrogens (tertiary/aromatic N) is 1. The molecule has 3 rings (SSSR count). The van der Waals surface area contributed by atoms with Gasteiger partial charge in [0.05, 0.1) is 17.1 Å². The van der Waals surface area contributed by atoms with Gasteiger partial charge < -0.3 is 4.98 Å². The number of aromatic nitrogens is 2. The van der Waals surface area contributed by atoms with Gasteiger partial charge in [0.1, 0.15) is 0 Å². The molecular weight excluding hydrogens is 160 g/mol. The third kappa shape index (κ3) is 0.814. The van der Waals surface area contributed by atoms with E-state index < -0.39 is 0 Å². The number of rotatable bonds is 0. The summed E-state index contributed by atoms with van der Waals surface area (Å²) in [6.07, 6.45) is 4.49. The molecule has 2 nitrogen and oxygen atoms in total. The lowest BCUT2D eigenvalue weighted by molar-refractivity contribution is 1.36. The highest BCUT2D eigenvalue weighted by atomic mass is 14.7. The molecule has 0 unspecified atom stereocenters. The molecule has 60 valence electrons. The number of H-pyrrole nitrogens is 1. The van der Waals surface area contributed by atoms with E-state index >= 15 is 0 Å². The van der Waals surface area contributed by atoms with Crippen molar-refractivity contribution in [3.05, 3.63) is 42.7 Å². The lowest BCUT2D eigenvalue weighted by Gasteiger charge is -1.84. The molecule has 0 bridgehead atoms. The fourth-order valence-corrected chi connectivity index (χ4v) is 1.58. The molecule has 0 saturated heterocycles. The Bertz CT molecular complexity index is 516. The van der Waals surface area contributed by atoms with Crippen molar-refractivity contribution in [1.29, 1.82) is 0 Å². The number of hydrogen-bond acceptors (Lipinski definition) is 1. The molecular formula is C11H6N2. The van der Waals surface area contributed by atoms with Gasteiger partial charge in [-0.25, -0.2) is 4.98 Å². The first-order chi connectivity index (χ1) is 6.45. The second kappa shape index (κ2) is 2.24. The summed E-state index contributed by atoms with van der Waals surface area (Å²) < 4.78 is 0. The number of benzene rings is 1. The minimum Gasteiger partial charge on any atom is -0.353 e. The quantitative estimate of drug-likeness (QED) is 0.545. The van der Waals surface area contributed by atoms with Gasteiger partial charge in [-0.05, 0) is 12.1 Å². The largest absolute Gasteiger partial charge is 0.353 e. The summed E-state index contributed by atoms with van der Waals surface area (Å²) in [4.78, 5) is 7.16. The number of hydrogen-bond donors (Lipinski definition) is 1. The van der Waals surface area contributed by atoms with Gasteiger partial charge in [0.15, 0.2) is 0 Å². The third-order valence-electron chi connectivity index (χ3n) is 2.17. The highest BCUT2D eigenvalue weighted by Crippen LogP contribution is 2.21. The lowest BCUT2D eigenvalue weighted by Crippen LogP contribution is -1.66. The van der Waals surface area contributed by atoms with Crippen LogP contribution in [0.25, 0.3) is 21.8 Å². The average molecular weight is 166 g/mol. The first kappa shape index (κ1) is 6.50. The number of para-hydroxylation sites is 1. The molecule has 3 aromatic rings. The van der Waals surface area contributed by atoms with E-state index in [1.807, 2.05) is 18.2 Å². The Hall–Kier alpha value is -2.01. The van der Waals surface area contributed by atoms with Gasteiger partial charge in [-0.1, -0.05) is 18.2 Å². The van der Waals surface area contributed by atoms with E-state index in [-0.39, 0.29) is 0 Å². The maximum absolute atomic E-state index is 3.90. The van der Waals surface area contributed by atoms with Gasteiger partial charge >= 0.3 is 0 Å². The van der Waals surface area contributed by atoms with E-state index in [9.17, 15) is 0 Å². The molecule has 0 amide bonds. The normalized spacial score (nSPS) is 10.5. The molecule has 0 aliphatic heterocycles. The van der Waals surface area contributed by atoms with Gasteiger partial charge in [-0.3, -0.25) is 0 Å². The Labute approximate surface area is 75.2 Å². The maximum atomic E-state index is 3.90. The molecule has 0 saturated carbocycles. The van der Waals surface area contributed by atoms with Crippen LogP contribution in [0, 0.1) is 12.3 Å². The van der Waals surface area contributed by atoms with Gasteiger partial charge in [0, 0.05) is 17.1 Å². The summed E-state index contributed by atoms with van der Waals surface area (Å²) in [6, 6.07) is 11.1. The molecule has 0 atom stereocenters. The van der Waals surface area contributed by atoms with E-state index in [2.05, 4.69) is 28.3 Å². The van der Waals surface area contributed by atoms with E-state index in [4.69, 9.17) is 0 Å². The predicted octanol–water partition coefficient (Wildman–Crippen LogP) is 2.32. The smallest absolute Gasteiger partial charge is 0.0745 e. The Morgan fingerprint density at radius 3 is 3.08 bits per heavy atom. The standard InChI is InChI=1S/C11H6N2/c1-2-4-10-8(3-1)9-5-6-12-7-11(9)13-10/h1-4,7,13H. The minimum absolute atomic E-state index is 1.01. The van der Waals surface area contributed by atoms with Crippen LogP contribution in [-0.4, -0.2) is 9.97 Å². The highest BCUT2D eigenvalue weighted by molar-refractivity contribution is 6.05. The number of nitrogens with one attached hydrogen (secondary N) is 1. The molecule has 2 aromatic heterocycles. The minimum atomic E-state index is 1.01. The van der Waals surface area contributed by atoms with Crippen molar-refractivity contribution >= 4 is 21.8 Å². The summed E-state index contributed by atoms with van der Waals surface area (Å²) in [7, 11) is 0. The van der Waals surface area contributed by atoms with Crippen LogP contribution in [0.3, 0.4) is 0 Å². The Morgan fingerprint density at radius 2 is 2.08 bits per heavy atom. The van der Waals surface area contributed by atoms with Crippen molar-refractivity contribution < 1.29 is 0 Å². The first-order valence-electron chi connectivity index (χ1n) is 4.10. The average Bonchev–Trinajstić information content (AvgIpc) is 2.56. The van der Waals surface area contributed by atoms with Gasteiger partial charge in [-0.2, -0.15) is 0 Å². The summed E-state index contributed by atoms with van der Waals surface area (Å²) >= 11 is 0. The van der Waals surface area contributed by atoms with Gasteiger partial charge in [-0.15, -0.1) is 0 Å². The van der Waals surface area contributed by atoms with Crippen LogP contribution in [0.1, 0.15) is 0 Å². The fraction of sp³-hybridized carbons (Fsp3) is 0. The van der Waals surface area contributed by atoms with E-state index in [1.54, 1.807) is 6.20 Å². The molecule has 0 radical (unpaired) electrons. The second-order valence-corrected chi connectivity index (χ2v) is 2.95. The Morgan fingerprint density at radius 1 is 1.15 bits per heavy atom. The zero-order chi connectivity index (χ0) is 8.67. The Kier molecular flexibility index (Phi) is 1.12. The van der Waals surface area contributed by atoms with Crippen molar-refractivity contribution in [3.8, 4) is 0 Å². The second-order valence-electron chi connectivity index (χ2n) is 2.95. The van der Waals surface area contributed by atoms with Crippen molar-refractivity contribution in [3.63, 3.8) is 0 Å². The number of fused-ring (bicyclic) bond motifs is 3. The van der Waals surface area contributed by atoms with Crippen LogP contribution >= 0.6 is 0 Å². The predicted molar refractivity (Wildman–Crippen MR) is 51.3 cm³/mol. The van der Waals surface area contributed by atoms with Crippen LogP contribution in [0.15, 0.2) is 30.5 Å². The third-order valence-corrected chi connectivity index (χ3v) is 2.17. The van der Waals surface area contributed by atoms with E-state index in [0.717, 1.165) is 16.4 Å². The summed E-state index contributed by atoms with van der Waals surface area (Å²) in [6.45, 7) is 0. The number of aromatic amines is 1. The summed E-state index contributed by atoms with van der Waals surface area (Å²) in [5, 5.41) is 2.24. The molecule has 13 heavy (non-hydrogen) atoms. The molecule has 0 spiro atoms. The molecule has 1 aromatic carbocycles. The van der Waals surface area contributed by atoms with Gasteiger partial charge in [0.25, 0.3) is 0 Å². The molecule has 2 heteroatoms. The van der Waals surface area contributed by atoms with E-state index in [1.165, 1.54) is 5.39 Å². The SMILES string of the molecule is c1ncc2[nH]c3ccccc3c2c#1. The molecule has 0 fully saturated rings. The fourth-order valence-electron chi connectivity index (χ4n) is 1.58. The zero-order valence-electron chi connectivity index (χ0n) is 6.83. The maximum Gasteiger partial charge on any atom is 0.0745 e. The molecule has 0 aliphatic carbocycles. The molecule has 1 N–H and O–H groups in total. The lowest BCUT2D eigenvalue weighted by atomic mass is 10.2. The van der Waals surface area contributed by atoms with Gasteiger partial charge in [0.2, 0.25) is 0 Å². The van der Waals surface area contributed by atoms with Crippen molar-refractivity contribution in [1.82, 2.24) is 9.97 Å². The topological polar surface area (TPSA) is 28.7 Å². The Balaban J connectivity index is 2.64. The van der Waals surface area contributed by atoms with Crippen molar-refractivity contribution in [2.45, 2.75) is 0 Å². The first-order valence-corrected chi connectivity index (χ1v) is 4.10. The van der Waals surface area contributed by atoms with Crippen LogP contribution in [0.5, 0.6) is 0 Å². The van der Waals surface area contributed by atoms with Crippen LogP contribution in [0.4, 0.5) is 0 Å². The highest BCUT2D eigenvalue weighted by Gasteiger charge is 2.00. The molecule has 0 aliphatic rings. The van der Waals surface area contributed by atoms with Crippen molar-refractivity contribution in [2.24, 2.45) is 0 Å². The van der Waals surface area contributed by atoms with Crippen LogP contribution in [0.2, 0.25) is 0 Å².